The van der Waals surface area contributed by atoms with Crippen molar-refractivity contribution in [2.75, 3.05) is 0 Å². The highest BCUT2D eigenvalue weighted by Gasteiger charge is 2.17. The standard InChI is InChI=1S/C27H21Cl2N5O2/c1-18-22(25(29)34(33-18)20-12-6-3-7-13-20)17-30-32-27(36)24(16-19-10-4-2-5-11-19)31-26(35)21-14-8-9-15-23(21)28/h2-17H,1H3,(H,31,35)(H,32,36)/b24-16-,30-17?. The van der Waals surface area contributed by atoms with E-state index in [9.17, 15) is 9.59 Å². The summed E-state index contributed by atoms with van der Waals surface area (Å²) in [4.78, 5) is 25.8. The Morgan fingerprint density at radius 3 is 2.25 bits per heavy atom. The van der Waals surface area contributed by atoms with E-state index in [1.54, 1.807) is 54.1 Å². The normalized spacial score (nSPS) is 11.5. The second-order valence-electron chi connectivity index (χ2n) is 7.64. The molecule has 9 heteroatoms. The van der Waals surface area contributed by atoms with Gasteiger partial charge in [0.05, 0.1) is 33.7 Å². The highest BCUT2D eigenvalue weighted by Crippen LogP contribution is 2.22. The highest BCUT2D eigenvalue weighted by atomic mass is 35.5. The molecule has 180 valence electrons. The Hall–Kier alpha value is -4.20. The predicted octanol–water partition coefficient (Wildman–Crippen LogP) is 5.41. The van der Waals surface area contributed by atoms with Gasteiger partial charge >= 0.3 is 0 Å². The first-order valence-electron chi connectivity index (χ1n) is 10.9. The summed E-state index contributed by atoms with van der Waals surface area (Å²) in [6.45, 7) is 1.79. The summed E-state index contributed by atoms with van der Waals surface area (Å²) in [5, 5.41) is 11.8. The summed E-state index contributed by atoms with van der Waals surface area (Å²) < 4.78 is 1.59. The molecule has 0 aliphatic rings. The molecule has 1 heterocycles. The van der Waals surface area contributed by atoms with Gasteiger partial charge in [-0.25, -0.2) is 10.1 Å². The maximum atomic E-state index is 13.0. The van der Waals surface area contributed by atoms with Gasteiger partial charge in [0.1, 0.15) is 10.9 Å². The van der Waals surface area contributed by atoms with Gasteiger partial charge in [-0.3, -0.25) is 9.59 Å². The number of hydrogen-bond donors (Lipinski definition) is 2. The van der Waals surface area contributed by atoms with Crippen molar-refractivity contribution in [2.24, 2.45) is 5.10 Å². The first kappa shape index (κ1) is 24.9. The van der Waals surface area contributed by atoms with Crippen molar-refractivity contribution in [1.82, 2.24) is 20.5 Å². The average Bonchev–Trinajstić information content (AvgIpc) is 3.18. The molecule has 0 spiro atoms. The quantitative estimate of drug-likeness (QED) is 0.195. The third-order valence-electron chi connectivity index (χ3n) is 5.13. The molecule has 2 N–H and O–H groups in total. The zero-order valence-corrected chi connectivity index (χ0v) is 20.7. The first-order chi connectivity index (χ1) is 17.4. The number of para-hydroxylation sites is 1. The van der Waals surface area contributed by atoms with Crippen LogP contribution in [0.2, 0.25) is 10.2 Å². The van der Waals surface area contributed by atoms with E-state index >= 15 is 0 Å². The number of carbonyl (C=O) groups is 2. The van der Waals surface area contributed by atoms with E-state index in [1.165, 1.54) is 6.21 Å². The molecule has 0 bridgehead atoms. The largest absolute Gasteiger partial charge is 0.317 e. The van der Waals surface area contributed by atoms with E-state index in [0.717, 1.165) is 5.69 Å². The van der Waals surface area contributed by atoms with E-state index in [1.807, 2.05) is 48.5 Å². The Balaban J connectivity index is 1.55. The lowest BCUT2D eigenvalue weighted by atomic mass is 10.1. The summed E-state index contributed by atoms with van der Waals surface area (Å²) in [6, 6.07) is 25.1. The van der Waals surface area contributed by atoms with Gasteiger partial charge in [0.25, 0.3) is 11.8 Å². The van der Waals surface area contributed by atoms with Crippen molar-refractivity contribution < 1.29 is 9.59 Å². The fourth-order valence-electron chi connectivity index (χ4n) is 3.32. The fourth-order valence-corrected chi connectivity index (χ4v) is 3.87. The van der Waals surface area contributed by atoms with Crippen LogP contribution in [-0.2, 0) is 4.79 Å². The number of amides is 2. The number of nitrogens with one attached hydrogen (secondary N) is 2. The number of aromatic nitrogens is 2. The molecule has 0 unspecified atom stereocenters. The Morgan fingerprint density at radius 2 is 1.56 bits per heavy atom. The summed E-state index contributed by atoms with van der Waals surface area (Å²) in [5.41, 5.74) is 5.37. The summed E-state index contributed by atoms with van der Waals surface area (Å²) in [6.07, 6.45) is 2.96. The van der Waals surface area contributed by atoms with Crippen LogP contribution in [0.25, 0.3) is 11.8 Å². The van der Waals surface area contributed by atoms with Crippen molar-refractivity contribution in [2.45, 2.75) is 6.92 Å². The zero-order valence-electron chi connectivity index (χ0n) is 19.2. The lowest BCUT2D eigenvalue weighted by Gasteiger charge is -2.10. The molecule has 0 aliphatic carbocycles. The van der Waals surface area contributed by atoms with Crippen LogP contribution in [0, 0.1) is 6.92 Å². The van der Waals surface area contributed by atoms with Crippen LogP contribution in [0.5, 0.6) is 0 Å². The van der Waals surface area contributed by atoms with Crippen molar-refractivity contribution in [3.8, 4) is 5.69 Å². The van der Waals surface area contributed by atoms with Crippen LogP contribution in [0.1, 0.15) is 27.2 Å². The van der Waals surface area contributed by atoms with E-state index in [0.29, 0.717) is 22.0 Å². The third-order valence-corrected chi connectivity index (χ3v) is 5.82. The first-order valence-corrected chi connectivity index (χ1v) is 11.7. The minimum atomic E-state index is -0.625. The van der Waals surface area contributed by atoms with Crippen molar-refractivity contribution >= 4 is 47.3 Å². The zero-order chi connectivity index (χ0) is 25.5. The predicted molar refractivity (Wildman–Crippen MR) is 142 cm³/mol. The van der Waals surface area contributed by atoms with Crippen LogP contribution in [-0.4, -0.2) is 27.8 Å². The minimum absolute atomic E-state index is 0.00827. The molecule has 1 aromatic heterocycles. The second kappa shape index (κ2) is 11.5. The molecule has 4 aromatic rings. The molecule has 0 saturated carbocycles. The van der Waals surface area contributed by atoms with Crippen molar-refractivity contribution in [1.29, 1.82) is 0 Å². The Bertz CT molecular complexity index is 1450. The van der Waals surface area contributed by atoms with Crippen LogP contribution < -0.4 is 10.7 Å². The number of carbonyl (C=O) groups excluding carboxylic acids is 2. The summed E-state index contributed by atoms with van der Waals surface area (Å²) in [7, 11) is 0. The average molecular weight is 518 g/mol. The molecule has 0 fully saturated rings. The van der Waals surface area contributed by atoms with Crippen LogP contribution in [0.4, 0.5) is 0 Å². The number of nitrogens with zero attached hydrogens (tertiary/aromatic N) is 3. The molecular weight excluding hydrogens is 497 g/mol. The molecule has 2 amide bonds. The minimum Gasteiger partial charge on any atom is -0.317 e. The lowest BCUT2D eigenvalue weighted by molar-refractivity contribution is -0.117. The Kier molecular flexibility index (Phi) is 7.95. The number of halogens is 2. The molecule has 0 aliphatic heterocycles. The molecule has 7 nitrogen and oxygen atoms in total. The van der Waals surface area contributed by atoms with Crippen molar-refractivity contribution in [3.05, 3.63) is 123 Å². The second-order valence-corrected chi connectivity index (χ2v) is 8.40. The van der Waals surface area contributed by atoms with Gasteiger partial charge in [-0.1, -0.05) is 83.9 Å². The monoisotopic (exact) mass is 517 g/mol. The summed E-state index contributed by atoms with van der Waals surface area (Å²) in [5.74, 6) is -1.15. The van der Waals surface area contributed by atoms with E-state index in [4.69, 9.17) is 23.2 Å². The maximum Gasteiger partial charge on any atom is 0.287 e. The maximum absolute atomic E-state index is 13.0. The Labute approximate surface area is 218 Å². The van der Waals surface area contributed by atoms with Gasteiger partial charge in [-0.05, 0) is 42.8 Å². The van der Waals surface area contributed by atoms with Gasteiger partial charge in [0.15, 0.2) is 0 Å². The number of rotatable bonds is 7. The van der Waals surface area contributed by atoms with Gasteiger partial charge in [-0.2, -0.15) is 10.2 Å². The van der Waals surface area contributed by atoms with Gasteiger partial charge in [0.2, 0.25) is 0 Å². The number of hydrogen-bond acceptors (Lipinski definition) is 4. The number of benzene rings is 3. The molecular formula is C27H21Cl2N5O2. The Morgan fingerprint density at radius 1 is 0.917 bits per heavy atom. The molecule has 0 saturated heterocycles. The van der Waals surface area contributed by atoms with E-state index < -0.39 is 11.8 Å². The fraction of sp³-hybridized carbons (Fsp3) is 0.0370. The molecule has 36 heavy (non-hydrogen) atoms. The van der Waals surface area contributed by atoms with Gasteiger partial charge in [-0.15, -0.1) is 0 Å². The van der Waals surface area contributed by atoms with Crippen LogP contribution >= 0.6 is 23.2 Å². The van der Waals surface area contributed by atoms with Crippen LogP contribution in [0.3, 0.4) is 0 Å². The highest BCUT2D eigenvalue weighted by molar-refractivity contribution is 6.34. The molecule has 3 aromatic carbocycles. The lowest BCUT2D eigenvalue weighted by Crippen LogP contribution is -2.33. The van der Waals surface area contributed by atoms with Crippen LogP contribution in [0.15, 0.2) is 95.7 Å². The van der Waals surface area contributed by atoms with E-state index in [2.05, 4.69) is 20.9 Å². The molecule has 0 atom stereocenters. The number of aryl methyl sites for hydroxylation is 1. The molecule has 4 rings (SSSR count). The van der Waals surface area contributed by atoms with Gasteiger partial charge < -0.3 is 5.32 Å². The summed E-state index contributed by atoms with van der Waals surface area (Å²) >= 11 is 12.7. The number of hydrazone groups is 1. The smallest absolute Gasteiger partial charge is 0.287 e. The van der Waals surface area contributed by atoms with Crippen molar-refractivity contribution in [3.63, 3.8) is 0 Å². The topological polar surface area (TPSA) is 88.4 Å². The molecule has 0 radical (unpaired) electrons. The third kappa shape index (κ3) is 5.89. The SMILES string of the molecule is Cc1nn(-c2ccccc2)c(Cl)c1C=NNC(=O)/C(=C/c1ccccc1)NC(=O)c1ccccc1Cl. The van der Waals surface area contributed by atoms with E-state index in [-0.39, 0.29) is 16.3 Å². The van der Waals surface area contributed by atoms with Gasteiger partial charge in [0, 0.05) is 0 Å².